The summed E-state index contributed by atoms with van der Waals surface area (Å²) in [5, 5.41) is 8.59. The summed E-state index contributed by atoms with van der Waals surface area (Å²) in [4.78, 5) is 34.4. The van der Waals surface area contributed by atoms with E-state index in [1.165, 1.54) is 12.8 Å². The average molecular weight is 348 g/mol. The van der Waals surface area contributed by atoms with Crippen molar-refractivity contribution < 1.29 is 19.5 Å². The van der Waals surface area contributed by atoms with E-state index in [1.807, 2.05) is 18.2 Å². The largest absolute Gasteiger partial charge is 0.481 e. The van der Waals surface area contributed by atoms with Crippen LogP contribution in [-0.4, -0.2) is 22.6 Å². The number of unbranched alkanes of at least 4 members (excludes halogenated alkanes) is 4. The summed E-state index contributed by atoms with van der Waals surface area (Å²) < 4.78 is 0. The van der Waals surface area contributed by atoms with Crippen molar-refractivity contribution in [2.24, 2.45) is 11.8 Å². The minimum Gasteiger partial charge on any atom is -0.481 e. The molecule has 0 amide bonds. The zero-order valence-electron chi connectivity index (χ0n) is 15.4. The van der Waals surface area contributed by atoms with Gasteiger partial charge in [0.2, 0.25) is 0 Å². The predicted octanol–water partition coefficient (Wildman–Crippen LogP) is 4.88. The van der Waals surface area contributed by atoms with Gasteiger partial charge < -0.3 is 5.11 Å². The topological polar surface area (TPSA) is 71.4 Å². The number of carboxylic acid groups (broad SMARTS) is 1. The highest BCUT2D eigenvalue weighted by Crippen LogP contribution is 2.32. The SMILES string of the molecule is CCCCCCC(=O)/C=C/C1CCC(=O)C1C/C=C/CCCC(=O)O. The molecule has 1 saturated carbocycles. The van der Waals surface area contributed by atoms with E-state index in [0.717, 1.165) is 25.7 Å². The van der Waals surface area contributed by atoms with Gasteiger partial charge in [0, 0.05) is 25.2 Å². The molecule has 0 aromatic heterocycles. The third-order valence-electron chi connectivity index (χ3n) is 4.78. The van der Waals surface area contributed by atoms with Crippen LogP contribution in [0.25, 0.3) is 0 Å². The highest BCUT2D eigenvalue weighted by Gasteiger charge is 2.31. The van der Waals surface area contributed by atoms with E-state index in [2.05, 4.69) is 6.92 Å². The van der Waals surface area contributed by atoms with E-state index in [-0.39, 0.29) is 29.8 Å². The maximum Gasteiger partial charge on any atom is 0.303 e. The number of Topliss-reactive ketones (excluding diaryl/α,β-unsaturated/α-hetero) is 1. The molecule has 0 aromatic carbocycles. The summed E-state index contributed by atoms with van der Waals surface area (Å²) >= 11 is 0. The Morgan fingerprint density at radius 1 is 1.12 bits per heavy atom. The van der Waals surface area contributed by atoms with Crippen LogP contribution in [-0.2, 0) is 14.4 Å². The Balaban J connectivity index is 2.35. The Labute approximate surface area is 151 Å². The van der Waals surface area contributed by atoms with Gasteiger partial charge in [0.1, 0.15) is 5.78 Å². The predicted molar refractivity (Wildman–Crippen MR) is 99.4 cm³/mol. The number of carbonyl (C=O) groups excluding carboxylic acids is 2. The van der Waals surface area contributed by atoms with Crippen molar-refractivity contribution in [3.63, 3.8) is 0 Å². The van der Waals surface area contributed by atoms with Gasteiger partial charge in [-0.25, -0.2) is 0 Å². The highest BCUT2D eigenvalue weighted by atomic mass is 16.4. The van der Waals surface area contributed by atoms with Gasteiger partial charge in [-0.1, -0.05) is 44.4 Å². The molecule has 0 aromatic rings. The van der Waals surface area contributed by atoms with Gasteiger partial charge in [-0.2, -0.15) is 0 Å². The quantitative estimate of drug-likeness (QED) is 0.292. The molecule has 0 saturated heterocycles. The van der Waals surface area contributed by atoms with Crippen LogP contribution in [0.3, 0.4) is 0 Å². The Hall–Kier alpha value is -1.71. The highest BCUT2D eigenvalue weighted by molar-refractivity contribution is 5.90. The number of allylic oxidation sites excluding steroid dienone is 4. The fraction of sp³-hybridized carbons (Fsp3) is 0.667. The molecule has 0 spiro atoms. The fourth-order valence-corrected chi connectivity index (χ4v) is 3.24. The Morgan fingerprint density at radius 2 is 1.92 bits per heavy atom. The van der Waals surface area contributed by atoms with Crippen LogP contribution in [0, 0.1) is 11.8 Å². The lowest BCUT2D eigenvalue weighted by molar-refractivity contribution is -0.137. The first-order valence-corrected chi connectivity index (χ1v) is 9.65. The summed E-state index contributed by atoms with van der Waals surface area (Å²) in [5.41, 5.74) is 0. The zero-order valence-corrected chi connectivity index (χ0v) is 15.4. The third kappa shape index (κ3) is 9.37. The van der Waals surface area contributed by atoms with Crippen molar-refractivity contribution in [3.8, 4) is 0 Å². The van der Waals surface area contributed by atoms with Gasteiger partial charge >= 0.3 is 5.97 Å². The third-order valence-corrected chi connectivity index (χ3v) is 4.78. The van der Waals surface area contributed by atoms with Crippen molar-refractivity contribution in [1.82, 2.24) is 0 Å². The lowest BCUT2D eigenvalue weighted by Crippen LogP contribution is -2.12. The molecule has 2 atom stereocenters. The number of carboxylic acids is 1. The maximum absolute atomic E-state index is 12.1. The summed E-state index contributed by atoms with van der Waals surface area (Å²) in [5.74, 6) is -0.196. The van der Waals surface area contributed by atoms with Crippen LogP contribution in [0.5, 0.6) is 0 Å². The number of hydrogen-bond donors (Lipinski definition) is 1. The summed E-state index contributed by atoms with van der Waals surface area (Å²) in [6.45, 7) is 2.15. The molecule has 4 nitrogen and oxygen atoms in total. The molecule has 1 N–H and O–H groups in total. The fourth-order valence-electron chi connectivity index (χ4n) is 3.24. The molecule has 0 heterocycles. The molecular formula is C21H32O4. The first kappa shape index (κ1) is 21.3. The maximum atomic E-state index is 12.1. The minimum absolute atomic E-state index is 0.0279. The lowest BCUT2D eigenvalue weighted by Gasteiger charge is -2.12. The smallest absolute Gasteiger partial charge is 0.303 e. The molecule has 1 fully saturated rings. The lowest BCUT2D eigenvalue weighted by atomic mass is 9.91. The number of carbonyl (C=O) groups is 3. The standard InChI is InChI=1S/C21H32O4/c1-2-3-4-7-10-18(22)15-13-17-14-16-20(23)19(17)11-8-5-6-9-12-21(24)25/h5,8,13,15,17,19H,2-4,6-7,9-12,14,16H2,1H3,(H,24,25)/b8-5+,15-13+. The molecule has 4 heteroatoms. The number of rotatable bonds is 13. The second kappa shape index (κ2) is 12.6. The summed E-state index contributed by atoms with van der Waals surface area (Å²) in [6, 6.07) is 0. The van der Waals surface area contributed by atoms with Gasteiger partial charge in [-0.3, -0.25) is 14.4 Å². The van der Waals surface area contributed by atoms with E-state index >= 15 is 0 Å². The van der Waals surface area contributed by atoms with E-state index in [1.54, 1.807) is 6.08 Å². The van der Waals surface area contributed by atoms with Crippen LogP contribution in [0.15, 0.2) is 24.3 Å². The van der Waals surface area contributed by atoms with Crippen molar-refractivity contribution >= 4 is 17.5 Å². The summed E-state index contributed by atoms with van der Waals surface area (Å²) in [7, 11) is 0. The second-order valence-electron chi connectivity index (χ2n) is 6.90. The Morgan fingerprint density at radius 3 is 2.64 bits per heavy atom. The molecule has 25 heavy (non-hydrogen) atoms. The first-order chi connectivity index (χ1) is 12.0. The van der Waals surface area contributed by atoms with Crippen LogP contribution < -0.4 is 0 Å². The molecule has 2 unspecified atom stereocenters. The zero-order chi connectivity index (χ0) is 18.5. The Kier molecular flexibility index (Phi) is 10.8. The van der Waals surface area contributed by atoms with Gasteiger partial charge in [-0.05, 0) is 44.1 Å². The molecule has 0 aliphatic heterocycles. The van der Waals surface area contributed by atoms with Crippen molar-refractivity contribution in [2.45, 2.75) is 77.6 Å². The van der Waals surface area contributed by atoms with Crippen LogP contribution in [0.2, 0.25) is 0 Å². The van der Waals surface area contributed by atoms with Crippen LogP contribution in [0.4, 0.5) is 0 Å². The van der Waals surface area contributed by atoms with Crippen molar-refractivity contribution in [3.05, 3.63) is 24.3 Å². The van der Waals surface area contributed by atoms with Gasteiger partial charge in [0.05, 0.1) is 0 Å². The first-order valence-electron chi connectivity index (χ1n) is 9.65. The van der Waals surface area contributed by atoms with E-state index < -0.39 is 5.97 Å². The van der Waals surface area contributed by atoms with Crippen LogP contribution in [0.1, 0.15) is 77.6 Å². The minimum atomic E-state index is -0.774. The summed E-state index contributed by atoms with van der Waals surface area (Å²) in [6.07, 6.45) is 16.2. The average Bonchev–Trinajstić information content (AvgIpc) is 2.93. The number of ketones is 2. The van der Waals surface area contributed by atoms with Crippen LogP contribution >= 0.6 is 0 Å². The van der Waals surface area contributed by atoms with Gasteiger partial charge in [0.15, 0.2) is 5.78 Å². The normalized spacial score (nSPS) is 20.8. The van der Waals surface area contributed by atoms with E-state index in [0.29, 0.717) is 25.7 Å². The molecule has 140 valence electrons. The molecular weight excluding hydrogens is 316 g/mol. The molecule has 0 bridgehead atoms. The second-order valence-corrected chi connectivity index (χ2v) is 6.90. The van der Waals surface area contributed by atoms with E-state index in [9.17, 15) is 14.4 Å². The van der Waals surface area contributed by atoms with Gasteiger partial charge in [-0.15, -0.1) is 0 Å². The molecule has 1 aliphatic carbocycles. The van der Waals surface area contributed by atoms with Crippen molar-refractivity contribution in [2.75, 3.05) is 0 Å². The molecule has 1 aliphatic rings. The van der Waals surface area contributed by atoms with Gasteiger partial charge in [0.25, 0.3) is 0 Å². The van der Waals surface area contributed by atoms with Crippen molar-refractivity contribution in [1.29, 1.82) is 0 Å². The monoisotopic (exact) mass is 348 g/mol. The molecule has 1 rings (SSSR count). The molecule has 0 radical (unpaired) electrons. The Bertz CT molecular complexity index is 490. The number of aliphatic carboxylic acids is 1. The van der Waals surface area contributed by atoms with E-state index in [4.69, 9.17) is 5.11 Å². The number of hydrogen-bond acceptors (Lipinski definition) is 3.